The van der Waals surface area contributed by atoms with Crippen LogP contribution in [0.15, 0.2) is 30.6 Å². The van der Waals surface area contributed by atoms with Crippen LogP contribution < -0.4 is 0 Å². The van der Waals surface area contributed by atoms with E-state index in [2.05, 4.69) is 5.92 Å². The zero-order chi connectivity index (χ0) is 6.53. The minimum absolute atomic E-state index is 1.65. The molecule has 0 aliphatic heterocycles. The quantitative estimate of drug-likeness (QED) is 0.492. The molecule has 1 heteroatoms. The fourth-order valence-electron chi connectivity index (χ4n) is 0.576. The maximum absolute atomic E-state index is 4.99. The molecule has 0 saturated carbocycles. The zero-order valence-corrected chi connectivity index (χ0v) is 4.99. The third kappa shape index (κ3) is 1.50. The lowest BCUT2D eigenvalue weighted by molar-refractivity contribution is 1.17. The second-order valence-electron chi connectivity index (χ2n) is 1.61. The largest absolute Gasteiger partial charge is 0.330 e. The molecule has 1 heterocycles. The number of terminal acetylenes is 1. The fraction of sp³-hybridized carbons (Fsp3) is 0. The first-order valence-corrected chi connectivity index (χ1v) is 2.69. The summed E-state index contributed by atoms with van der Waals surface area (Å²) in [6, 6.07) is 3.89. The number of nitrogens with zero attached hydrogens (tertiary/aromatic N) is 1. The number of rotatable bonds is 1. The number of allylic oxidation sites excluding steroid dienone is 1. The lowest BCUT2D eigenvalue weighted by Crippen LogP contribution is -1.75. The molecular formula is C8H7N. The van der Waals surface area contributed by atoms with Crippen LogP contribution in [-0.2, 0) is 0 Å². The van der Waals surface area contributed by atoms with E-state index in [-0.39, 0.29) is 0 Å². The van der Waals surface area contributed by atoms with Crippen molar-refractivity contribution in [2.45, 2.75) is 0 Å². The Morgan fingerprint density at radius 1 is 1.33 bits per heavy atom. The van der Waals surface area contributed by atoms with E-state index in [9.17, 15) is 0 Å². The Hall–Kier alpha value is -1.42. The van der Waals surface area contributed by atoms with Gasteiger partial charge < -0.3 is 4.57 Å². The molecule has 0 radical (unpaired) electrons. The Morgan fingerprint density at radius 3 is 2.56 bits per heavy atom. The van der Waals surface area contributed by atoms with E-state index in [0.717, 1.165) is 0 Å². The molecule has 0 spiro atoms. The van der Waals surface area contributed by atoms with E-state index in [4.69, 9.17) is 6.42 Å². The van der Waals surface area contributed by atoms with Crippen LogP contribution >= 0.6 is 0 Å². The van der Waals surface area contributed by atoms with Crippen molar-refractivity contribution in [3.05, 3.63) is 30.6 Å². The molecule has 0 aromatic carbocycles. The maximum atomic E-state index is 4.99. The molecule has 0 aliphatic rings. The van der Waals surface area contributed by atoms with Crippen LogP contribution in [0.25, 0.3) is 6.20 Å². The first-order chi connectivity index (χ1) is 4.43. The number of aromatic nitrogens is 1. The molecule has 0 saturated heterocycles. The van der Waals surface area contributed by atoms with E-state index in [1.165, 1.54) is 0 Å². The molecule has 1 aromatic rings. The smallest absolute Gasteiger partial charge is 0.0165 e. The third-order valence-corrected chi connectivity index (χ3v) is 0.970. The van der Waals surface area contributed by atoms with Crippen molar-refractivity contribution >= 4 is 6.20 Å². The maximum Gasteiger partial charge on any atom is 0.0165 e. The highest BCUT2D eigenvalue weighted by Gasteiger charge is 1.74. The lowest BCUT2D eigenvalue weighted by Gasteiger charge is -1.85. The van der Waals surface area contributed by atoms with Gasteiger partial charge in [0, 0.05) is 24.7 Å². The van der Waals surface area contributed by atoms with Gasteiger partial charge in [0.1, 0.15) is 0 Å². The molecule has 1 aromatic heterocycles. The highest BCUT2D eigenvalue weighted by molar-refractivity contribution is 5.31. The second-order valence-corrected chi connectivity index (χ2v) is 1.61. The van der Waals surface area contributed by atoms with E-state index < -0.39 is 0 Å². The molecule has 44 valence electrons. The summed E-state index contributed by atoms with van der Waals surface area (Å²) in [5.41, 5.74) is 0. The highest BCUT2D eigenvalue weighted by atomic mass is 14.9. The average Bonchev–Trinajstić information content (AvgIpc) is 2.34. The first-order valence-electron chi connectivity index (χ1n) is 2.69. The van der Waals surface area contributed by atoms with Crippen LogP contribution in [-0.4, -0.2) is 4.57 Å². The molecule has 1 nitrogen and oxygen atoms in total. The number of hydrogen-bond acceptors (Lipinski definition) is 0. The lowest BCUT2D eigenvalue weighted by atomic mass is 10.6. The van der Waals surface area contributed by atoms with E-state index in [0.29, 0.717) is 0 Å². The Labute approximate surface area is 54.6 Å². The molecular weight excluding hydrogens is 110 g/mol. The van der Waals surface area contributed by atoms with Crippen molar-refractivity contribution < 1.29 is 0 Å². The molecule has 0 N–H and O–H groups in total. The normalized spacial score (nSPS) is 9.67. The third-order valence-electron chi connectivity index (χ3n) is 0.970. The number of hydrogen-bond donors (Lipinski definition) is 0. The standard InChI is InChI=1S/C8H7N/c1-2-3-6-9-7-4-5-8-9/h1,3-8H. The van der Waals surface area contributed by atoms with Gasteiger partial charge in [-0.3, -0.25) is 0 Å². The predicted octanol–water partition coefficient (Wildman–Crippen LogP) is 1.59. The van der Waals surface area contributed by atoms with Crippen molar-refractivity contribution in [2.75, 3.05) is 0 Å². The van der Waals surface area contributed by atoms with E-state index in [1.54, 1.807) is 6.08 Å². The summed E-state index contributed by atoms with van der Waals surface area (Å²) < 4.78 is 1.89. The molecule has 0 fully saturated rings. The van der Waals surface area contributed by atoms with E-state index in [1.807, 2.05) is 35.3 Å². The van der Waals surface area contributed by atoms with Gasteiger partial charge in [-0.05, 0) is 12.1 Å². The first kappa shape index (κ1) is 5.71. The van der Waals surface area contributed by atoms with Gasteiger partial charge in [-0.1, -0.05) is 5.92 Å². The molecule has 0 aliphatic carbocycles. The van der Waals surface area contributed by atoms with Crippen LogP contribution in [0.1, 0.15) is 0 Å². The Morgan fingerprint density at radius 2 is 2.00 bits per heavy atom. The summed E-state index contributed by atoms with van der Waals surface area (Å²) in [4.78, 5) is 0. The zero-order valence-electron chi connectivity index (χ0n) is 4.99. The van der Waals surface area contributed by atoms with Gasteiger partial charge >= 0.3 is 0 Å². The molecule has 0 unspecified atom stereocenters. The van der Waals surface area contributed by atoms with Crippen LogP contribution in [0.4, 0.5) is 0 Å². The Kier molecular flexibility index (Phi) is 1.77. The van der Waals surface area contributed by atoms with Crippen LogP contribution in [0.5, 0.6) is 0 Å². The summed E-state index contributed by atoms with van der Waals surface area (Å²) in [7, 11) is 0. The van der Waals surface area contributed by atoms with Crippen LogP contribution in [0.3, 0.4) is 0 Å². The van der Waals surface area contributed by atoms with Crippen molar-refractivity contribution in [1.29, 1.82) is 0 Å². The Balaban J connectivity index is 2.71. The molecule has 0 atom stereocenters. The van der Waals surface area contributed by atoms with Gasteiger partial charge in [-0.25, -0.2) is 0 Å². The van der Waals surface area contributed by atoms with Gasteiger partial charge in [0.25, 0.3) is 0 Å². The molecule has 0 bridgehead atoms. The van der Waals surface area contributed by atoms with Gasteiger partial charge in [0.2, 0.25) is 0 Å². The van der Waals surface area contributed by atoms with Gasteiger partial charge in [-0.2, -0.15) is 0 Å². The molecule has 1 rings (SSSR count). The van der Waals surface area contributed by atoms with Crippen molar-refractivity contribution in [2.24, 2.45) is 0 Å². The topological polar surface area (TPSA) is 4.93 Å². The summed E-state index contributed by atoms with van der Waals surface area (Å²) in [5.74, 6) is 2.40. The van der Waals surface area contributed by atoms with Gasteiger partial charge in [0.05, 0.1) is 0 Å². The predicted molar refractivity (Wildman–Crippen MR) is 38.6 cm³/mol. The SMILES string of the molecule is C#CC=Cn1cccc1. The van der Waals surface area contributed by atoms with Crippen molar-refractivity contribution in [3.8, 4) is 12.3 Å². The van der Waals surface area contributed by atoms with Crippen LogP contribution in [0, 0.1) is 12.3 Å². The summed E-state index contributed by atoms with van der Waals surface area (Å²) in [6.07, 6.45) is 12.3. The highest BCUT2D eigenvalue weighted by Crippen LogP contribution is 1.88. The minimum Gasteiger partial charge on any atom is -0.330 e. The second kappa shape index (κ2) is 2.78. The van der Waals surface area contributed by atoms with Gasteiger partial charge in [0.15, 0.2) is 0 Å². The van der Waals surface area contributed by atoms with E-state index >= 15 is 0 Å². The monoisotopic (exact) mass is 117 g/mol. The summed E-state index contributed by atoms with van der Waals surface area (Å²) in [6.45, 7) is 0. The minimum atomic E-state index is 1.65. The van der Waals surface area contributed by atoms with Crippen molar-refractivity contribution in [3.63, 3.8) is 0 Å². The Bertz CT molecular complexity index is 224. The van der Waals surface area contributed by atoms with Crippen molar-refractivity contribution in [1.82, 2.24) is 4.57 Å². The summed E-state index contributed by atoms with van der Waals surface area (Å²) >= 11 is 0. The molecule has 9 heavy (non-hydrogen) atoms. The molecule has 0 amide bonds. The summed E-state index contributed by atoms with van der Waals surface area (Å²) in [5, 5.41) is 0. The average molecular weight is 117 g/mol. The van der Waals surface area contributed by atoms with Gasteiger partial charge in [-0.15, -0.1) is 6.42 Å². The van der Waals surface area contributed by atoms with Crippen LogP contribution in [0.2, 0.25) is 0 Å². The fourth-order valence-corrected chi connectivity index (χ4v) is 0.576.